The number of hydrogen-bond donors (Lipinski definition) is 3. The number of amides is 3. The number of benzene rings is 3. The van der Waals surface area contributed by atoms with Gasteiger partial charge in [0.15, 0.2) is 5.17 Å². The summed E-state index contributed by atoms with van der Waals surface area (Å²) in [6.07, 6.45) is 0.963. The van der Waals surface area contributed by atoms with Crippen molar-refractivity contribution in [2.24, 2.45) is 4.99 Å². The summed E-state index contributed by atoms with van der Waals surface area (Å²) in [5.41, 5.74) is 5.29. The lowest BCUT2D eigenvalue weighted by molar-refractivity contribution is -0.113. The number of thioether (sulfide) groups is 1. The fourth-order valence-corrected chi connectivity index (χ4v) is 5.89. The minimum Gasteiger partial charge on any atom is -0.340 e. The van der Waals surface area contributed by atoms with Crippen molar-refractivity contribution in [3.63, 3.8) is 0 Å². The summed E-state index contributed by atoms with van der Waals surface area (Å²) < 4.78 is 27.1. The van der Waals surface area contributed by atoms with Crippen molar-refractivity contribution >= 4 is 45.9 Å². The van der Waals surface area contributed by atoms with Gasteiger partial charge in [0, 0.05) is 29.7 Å². The summed E-state index contributed by atoms with van der Waals surface area (Å²) in [5, 5.41) is 9.01. The van der Waals surface area contributed by atoms with Gasteiger partial charge in [0.2, 0.25) is 0 Å². The van der Waals surface area contributed by atoms with E-state index in [-0.39, 0.29) is 17.6 Å². The molecule has 0 spiro atoms. The molecule has 206 valence electrons. The molecular weight excluding hydrogens is 532 g/mol. The first-order valence-corrected chi connectivity index (χ1v) is 13.9. The van der Waals surface area contributed by atoms with Crippen LogP contribution in [0.25, 0.3) is 0 Å². The number of nitrogens with one attached hydrogen (secondary N) is 3. The molecule has 0 aromatic heterocycles. The van der Waals surface area contributed by atoms with Crippen LogP contribution in [0, 0.1) is 25.5 Å². The van der Waals surface area contributed by atoms with E-state index in [0.29, 0.717) is 23.0 Å². The van der Waals surface area contributed by atoms with Crippen molar-refractivity contribution in [3.05, 3.63) is 100 Å². The highest BCUT2D eigenvalue weighted by Crippen LogP contribution is 2.40. The van der Waals surface area contributed by atoms with Crippen LogP contribution in [-0.4, -0.2) is 34.3 Å². The van der Waals surface area contributed by atoms with Crippen LogP contribution < -0.4 is 16.0 Å². The quantitative estimate of drug-likeness (QED) is 0.314. The average Bonchev–Trinajstić information content (AvgIpc) is 2.91. The Morgan fingerprint density at radius 1 is 0.925 bits per heavy atom. The van der Waals surface area contributed by atoms with Gasteiger partial charge in [-0.15, -0.1) is 0 Å². The van der Waals surface area contributed by atoms with Gasteiger partial charge < -0.3 is 20.9 Å². The predicted molar refractivity (Wildman–Crippen MR) is 157 cm³/mol. The number of rotatable bonds is 5. The number of halogens is 2. The van der Waals surface area contributed by atoms with Gasteiger partial charge in [-0.05, 0) is 68.7 Å². The largest absolute Gasteiger partial charge is 0.340 e. The highest BCUT2D eigenvalue weighted by Gasteiger charge is 2.37. The summed E-state index contributed by atoms with van der Waals surface area (Å²) in [7, 11) is 0. The number of allylic oxidation sites excluding steroid dienone is 1. The lowest BCUT2D eigenvalue weighted by atomic mass is 9.93. The van der Waals surface area contributed by atoms with Gasteiger partial charge in [-0.25, -0.2) is 18.6 Å². The number of anilines is 3. The Morgan fingerprint density at radius 3 is 2.40 bits per heavy atom. The second-order valence-electron chi connectivity index (χ2n) is 9.79. The van der Waals surface area contributed by atoms with Crippen LogP contribution >= 0.6 is 11.8 Å². The minimum absolute atomic E-state index is 0.132. The molecule has 10 heteroatoms. The molecule has 3 aromatic rings. The van der Waals surface area contributed by atoms with E-state index in [1.54, 1.807) is 23.9 Å². The fourth-order valence-electron chi connectivity index (χ4n) is 4.87. The first kappa shape index (κ1) is 27.4. The van der Waals surface area contributed by atoms with Crippen molar-refractivity contribution in [3.8, 4) is 0 Å². The third kappa shape index (κ3) is 5.86. The Balaban J connectivity index is 1.39. The van der Waals surface area contributed by atoms with E-state index >= 15 is 0 Å². The van der Waals surface area contributed by atoms with Crippen LogP contribution in [-0.2, 0) is 4.79 Å². The molecule has 1 unspecified atom stereocenters. The van der Waals surface area contributed by atoms with E-state index in [9.17, 15) is 18.4 Å². The summed E-state index contributed by atoms with van der Waals surface area (Å²) in [4.78, 5) is 33.1. The number of carbonyl (C=O) groups is 2. The van der Waals surface area contributed by atoms with Crippen molar-refractivity contribution in [1.82, 2.24) is 4.90 Å². The monoisotopic (exact) mass is 561 g/mol. The van der Waals surface area contributed by atoms with Crippen LogP contribution in [0.5, 0.6) is 0 Å². The molecule has 0 bridgehead atoms. The second kappa shape index (κ2) is 11.5. The highest BCUT2D eigenvalue weighted by molar-refractivity contribution is 8.13. The number of hydrogen-bond acceptors (Lipinski definition) is 5. The van der Waals surface area contributed by atoms with E-state index in [1.807, 2.05) is 51.1 Å². The third-order valence-corrected chi connectivity index (χ3v) is 7.87. The Hall–Kier alpha value is -4.18. The molecule has 0 radical (unpaired) electrons. The highest BCUT2D eigenvalue weighted by atomic mass is 32.2. The van der Waals surface area contributed by atoms with Crippen molar-refractivity contribution in [1.29, 1.82) is 0 Å². The molecule has 5 rings (SSSR count). The molecule has 2 aliphatic heterocycles. The first-order chi connectivity index (χ1) is 19.2. The second-order valence-corrected chi connectivity index (χ2v) is 10.9. The number of aliphatic imine (C=N–C) groups is 1. The normalized spacial score (nSPS) is 16.7. The van der Waals surface area contributed by atoms with Crippen LogP contribution in [0.2, 0.25) is 0 Å². The Kier molecular flexibility index (Phi) is 7.88. The van der Waals surface area contributed by atoms with Crippen molar-refractivity contribution in [2.45, 2.75) is 33.2 Å². The standard InChI is InChI=1S/C30H29F2N5O2S/c1-17-5-11-24(18(2)15-17)35-28(38)26-19(3)33-30-37(13-4-14-40-30)27(26)20-6-9-22(10-7-20)34-29(39)36-25-12-8-21(31)16-23(25)32/h5-12,15-16,27H,4,13-14H2,1-3H3,(H,35,38)(H2,34,36,39). The van der Waals surface area contributed by atoms with Gasteiger partial charge in [-0.2, -0.15) is 0 Å². The number of carbonyl (C=O) groups excluding carboxylic acids is 2. The first-order valence-electron chi connectivity index (χ1n) is 12.9. The predicted octanol–water partition coefficient (Wildman–Crippen LogP) is 6.99. The summed E-state index contributed by atoms with van der Waals surface area (Å²) in [6.45, 7) is 6.59. The molecular formula is C30H29F2N5O2S. The number of fused-ring (bicyclic) bond motifs is 1. The smallest absolute Gasteiger partial charge is 0.323 e. The van der Waals surface area contributed by atoms with Crippen LogP contribution in [0.4, 0.5) is 30.6 Å². The molecule has 2 aliphatic rings. The molecule has 0 saturated carbocycles. The van der Waals surface area contributed by atoms with Gasteiger partial charge in [-0.3, -0.25) is 4.79 Å². The van der Waals surface area contributed by atoms with E-state index in [0.717, 1.165) is 58.4 Å². The third-order valence-electron chi connectivity index (χ3n) is 6.80. The molecule has 2 heterocycles. The molecule has 3 aromatic carbocycles. The zero-order chi connectivity index (χ0) is 28.4. The van der Waals surface area contributed by atoms with Gasteiger partial charge >= 0.3 is 6.03 Å². The summed E-state index contributed by atoms with van der Waals surface area (Å²) in [6, 6.07) is 15.0. The molecule has 3 N–H and O–H groups in total. The van der Waals surface area contributed by atoms with Crippen LogP contribution in [0.1, 0.15) is 36.1 Å². The maximum Gasteiger partial charge on any atom is 0.323 e. The summed E-state index contributed by atoms with van der Waals surface area (Å²) in [5.74, 6) is -0.843. The van der Waals surface area contributed by atoms with E-state index in [4.69, 9.17) is 4.99 Å². The van der Waals surface area contributed by atoms with Gasteiger partial charge in [0.25, 0.3) is 5.91 Å². The molecule has 7 nitrogen and oxygen atoms in total. The number of aryl methyl sites for hydroxylation is 2. The zero-order valence-electron chi connectivity index (χ0n) is 22.3. The Morgan fingerprint density at radius 2 is 1.68 bits per heavy atom. The molecule has 1 fully saturated rings. The lowest BCUT2D eigenvalue weighted by Gasteiger charge is -2.41. The number of amidine groups is 1. The number of urea groups is 1. The maximum atomic E-state index is 13.9. The van der Waals surface area contributed by atoms with E-state index in [1.165, 1.54) is 0 Å². The van der Waals surface area contributed by atoms with E-state index < -0.39 is 17.7 Å². The maximum absolute atomic E-state index is 13.9. The lowest BCUT2D eigenvalue weighted by Crippen LogP contribution is -2.43. The topological polar surface area (TPSA) is 85.8 Å². The van der Waals surface area contributed by atoms with Crippen LogP contribution in [0.15, 0.2) is 76.9 Å². The average molecular weight is 562 g/mol. The molecule has 1 atom stereocenters. The minimum atomic E-state index is -0.867. The number of nitrogens with zero attached hydrogens (tertiary/aromatic N) is 2. The van der Waals surface area contributed by atoms with Gasteiger partial charge in [0.1, 0.15) is 11.6 Å². The van der Waals surface area contributed by atoms with Crippen molar-refractivity contribution in [2.75, 3.05) is 28.2 Å². The SMILES string of the molecule is CC1=C(C(=O)Nc2ccc(C)cc2C)C(c2ccc(NC(=O)Nc3ccc(F)cc3F)cc2)N2CCCSC2=N1. The fraction of sp³-hybridized carbons (Fsp3) is 0.233. The van der Waals surface area contributed by atoms with E-state index in [2.05, 4.69) is 20.9 Å². The zero-order valence-corrected chi connectivity index (χ0v) is 23.2. The molecule has 0 aliphatic carbocycles. The summed E-state index contributed by atoms with van der Waals surface area (Å²) >= 11 is 1.68. The van der Waals surface area contributed by atoms with Gasteiger partial charge in [0.05, 0.1) is 23.0 Å². The van der Waals surface area contributed by atoms with Crippen LogP contribution in [0.3, 0.4) is 0 Å². The molecule has 40 heavy (non-hydrogen) atoms. The Bertz CT molecular complexity index is 1540. The van der Waals surface area contributed by atoms with Crippen molar-refractivity contribution < 1.29 is 18.4 Å². The molecule has 1 saturated heterocycles. The Labute approximate surface area is 235 Å². The van der Waals surface area contributed by atoms with Gasteiger partial charge in [-0.1, -0.05) is 41.6 Å². The molecule has 3 amide bonds.